The first-order valence-electron chi connectivity index (χ1n) is 6.13. The molecule has 1 fully saturated rings. The number of carbonyl (C=O) groups excluding carboxylic acids is 1. The number of nitrogens with zero attached hydrogens (tertiary/aromatic N) is 2. The van der Waals surface area contributed by atoms with E-state index in [1.165, 1.54) is 22.7 Å². The lowest BCUT2D eigenvalue weighted by Gasteiger charge is -2.13. The lowest BCUT2D eigenvalue weighted by atomic mass is 10.3. The van der Waals surface area contributed by atoms with Crippen LogP contribution in [0.25, 0.3) is 6.08 Å². The zero-order chi connectivity index (χ0) is 15.7. The Morgan fingerprint density at radius 2 is 1.91 bits per heavy atom. The van der Waals surface area contributed by atoms with E-state index in [0.29, 0.717) is 19.8 Å². The standard InChI is InChI=1S/C14H8N2O3S3/c17-13-11(8-10-6-7-12(21-10)16(18)19)22-14(20)15(13)9-4-2-1-3-5-9/h1-8H/b11-8-. The fourth-order valence-corrected chi connectivity index (χ4v) is 4.04. The van der Waals surface area contributed by atoms with Gasteiger partial charge in [-0.15, -0.1) is 0 Å². The fourth-order valence-electron chi connectivity index (χ4n) is 1.91. The highest BCUT2D eigenvalue weighted by atomic mass is 32.2. The van der Waals surface area contributed by atoms with Gasteiger partial charge in [0.15, 0.2) is 4.32 Å². The Labute approximate surface area is 139 Å². The van der Waals surface area contributed by atoms with Crippen LogP contribution in [0.5, 0.6) is 0 Å². The quantitative estimate of drug-likeness (QED) is 0.362. The van der Waals surface area contributed by atoms with Gasteiger partial charge < -0.3 is 0 Å². The molecule has 0 saturated carbocycles. The maximum atomic E-state index is 12.5. The van der Waals surface area contributed by atoms with Gasteiger partial charge in [0.2, 0.25) is 0 Å². The first-order chi connectivity index (χ1) is 10.6. The van der Waals surface area contributed by atoms with E-state index in [2.05, 4.69) is 0 Å². The highest BCUT2D eigenvalue weighted by Gasteiger charge is 2.33. The van der Waals surface area contributed by atoms with Crippen molar-refractivity contribution in [2.75, 3.05) is 4.90 Å². The Morgan fingerprint density at radius 1 is 1.18 bits per heavy atom. The van der Waals surface area contributed by atoms with Crippen LogP contribution in [0.2, 0.25) is 0 Å². The second-order valence-electron chi connectivity index (χ2n) is 4.29. The third-order valence-corrected chi connectivity index (χ3v) is 5.16. The average Bonchev–Trinajstić information content (AvgIpc) is 3.06. The molecular formula is C14H8N2O3S3. The molecule has 8 heteroatoms. The lowest BCUT2D eigenvalue weighted by Crippen LogP contribution is -2.27. The van der Waals surface area contributed by atoms with Gasteiger partial charge in [-0.25, -0.2) is 0 Å². The van der Waals surface area contributed by atoms with Gasteiger partial charge in [-0.05, 0) is 24.3 Å². The number of nitro groups is 1. The van der Waals surface area contributed by atoms with Crippen LogP contribution in [0.15, 0.2) is 47.4 Å². The molecule has 0 bridgehead atoms. The molecule has 2 aromatic rings. The van der Waals surface area contributed by atoms with Crippen LogP contribution in [-0.4, -0.2) is 15.2 Å². The van der Waals surface area contributed by atoms with Crippen molar-refractivity contribution < 1.29 is 9.72 Å². The van der Waals surface area contributed by atoms with E-state index in [4.69, 9.17) is 12.2 Å². The third kappa shape index (κ3) is 2.80. The Kier molecular flexibility index (Phi) is 4.06. The van der Waals surface area contributed by atoms with E-state index in [1.807, 2.05) is 30.3 Å². The summed E-state index contributed by atoms with van der Waals surface area (Å²) in [4.78, 5) is 25.3. The largest absolute Gasteiger partial charge is 0.324 e. The highest BCUT2D eigenvalue weighted by Crippen LogP contribution is 2.37. The summed E-state index contributed by atoms with van der Waals surface area (Å²) in [6.07, 6.45) is 1.64. The average molecular weight is 348 g/mol. The molecule has 1 saturated heterocycles. The Morgan fingerprint density at radius 3 is 2.55 bits per heavy atom. The molecule has 1 aliphatic rings. The zero-order valence-corrected chi connectivity index (χ0v) is 13.4. The van der Waals surface area contributed by atoms with E-state index in [0.717, 1.165) is 11.3 Å². The van der Waals surface area contributed by atoms with Crippen molar-refractivity contribution in [1.29, 1.82) is 0 Å². The second kappa shape index (κ2) is 5.99. The molecular weight excluding hydrogens is 340 g/mol. The van der Waals surface area contributed by atoms with Crippen molar-refractivity contribution in [3.63, 3.8) is 0 Å². The lowest BCUT2D eigenvalue weighted by molar-refractivity contribution is -0.380. The summed E-state index contributed by atoms with van der Waals surface area (Å²) in [6.45, 7) is 0. The minimum Gasteiger partial charge on any atom is -0.268 e. The maximum absolute atomic E-state index is 12.5. The minimum atomic E-state index is -0.447. The number of thiocarbonyl (C=S) groups is 1. The zero-order valence-electron chi connectivity index (χ0n) is 11.0. The number of thiophene rings is 1. The van der Waals surface area contributed by atoms with Crippen molar-refractivity contribution in [1.82, 2.24) is 0 Å². The van der Waals surface area contributed by atoms with Crippen molar-refractivity contribution in [3.05, 3.63) is 62.4 Å². The van der Waals surface area contributed by atoms with Crippen LogP contribution in [-0.2, 0) is 4.79 Å². The molecule has 1 aromatic heterocycles. The van der Waals surface area contributed by atoms with Gasteiger partial charge in [0.05, 0.1) is 15.5 Å². The topological polar surface area (TPSA) is 63.4 Å². The maximum Gasteiger partial charge on any atom is 0.324 e. The number of anilines is 1. The number of carbonyl (C=O) groups is 1. The number of hydrogen-bond acceptors (Lipinski definition) is 6. The van der Waals surface area contributed by atoms with Crippen LogP contribution >= 0.6 is 35.3 Å². The van der Waals surface area contributed by atoms with Crippen molar-refractivity contribution in [2.24, 2.45) is 0 Å². The number of thioether (sulfide) groups is 1. The molecule has 110 valence electrons. The number of amides is 1. The van der Waals surface area contributed by atoms with Crippen molar-refractivity contribution in [2.45, 2.75) is 0 Å². The SMILES string of the molecule is O=C1/C(=C/c2ccc([N+](=O)[O-])s2)SC(=S)N1c1ccccc1. The molecule has 0 unspecified atom stereocenters. The minimum absolute atomic E-state index is 0.0461. The van der Waals surface area contributed by atoms with Gasteiger partial charge in [0.25, 0.3) is 5.91 Å². The van der Waals surface area contributed by atoms with Gasteiger partial charge in [-0.2, -0.15) is 0 Å². The predicted octanol–water partition coefficient (Wildman–Crippen LogP) is 4.06. The molecule has 5 nitrogen and oxygen atoms in total. The first kappa shape index (κ1) is 14.9. The van der Waals surface area contributed by atoms with E-state index >= 15 is 0 Å². The summed E-state index contributed by atoms with van der Waals surface area (Å²) < 4.78 is 0.452. The summed E-state index contributed by atoms with van der Waals surface area (Å²) in [5.74, 6) is -0.211. The second-order valence-corrected chi connectivity index (χ2v) is 7.06. The first-order valence-corrected chi connectivity index (χ1v) is 8.17. The van der Waals surface area contributed by atoms with Crippen molar-refractivity contribution in [3.8, 4) is 0 Å². The molecule has 0 aliphatic carbocycles. The predicted molar refractivity (Wildman–Crippen MR) is 93.1 cm³/mol. The molecule has 3 rings (SSSR count). The van der Waals surface area contributed by atoms with E-state index in [-0.39, 0.29) is 10.9 Å². The van der Waals surface area contributed by atoms with E-state index in [9.17, 15) is 14.9 Å². The fraction of sp³-hybridized carbons (Fsp3) is 0. The molecule has 0 atom stereocenters. The number of para-hydroxylation sites is 1. The summed E-state index contributed by atoms with van der Waals surface area (Å²) in [5, 5.41) is 10.7. The molecule has 1 aliphatic heterocycles. The van der Waals surface area contributed by atoms with Crippen LogP contribution in [0.4, 0.5) is 10.7 Å². The molecule has 22 heavy (non-hydrogen) atoms. The Bertz CT molecular complexity index is 799. The van der Waals surface area contributed by atoms with Gasteiger partial charge in [0, 0.05) is 10.9 Å². The Balaban J connectivity index is 1.90. The molecule has 0 spiro atoms. The normalized spacial score (nSPS) is 16.5. The van der Waals surface area contributed by atoms with Gasteiger partial charge in [-0.1, -0.05) is 53.5 Å². The summed E-state index contributed by atoms with van der Waals surface area (Å²) in [5.41, 5.74) is 0.713. The molecule has 1 amide bonds. The molecule has 0 radical (unpaired) electrons. The van der Waals surface area contributed by atoms with Crippen LogP contribution < -0.4 is 4.90 Å². The van der Waals surface area contributed by atoms with Crippen LogP contribution in [0, 0.1) is 10.1 Å². The van der Waals surface area contributed by atoms with E-state index in [1.54, 1.807) is 12.1 Å². The summed E-state index contributed by atoms with van der Waals surface area (Å²) in [7, 11) is 0. The van der Waals surface area contributed by atoms with Gasteiger partial charge in [-0.3, -0.25) is 19.8 Å². The molecule has 1 aromatic carbocycles. The van der Waals surface area contributed by atoms with Crippen molar-refractivity contribution >= 4 is 62.3 Å². The smallest absolute Gasteiger partial charge is 0.268 e. The highest BCUT2D eigenvalue weighted by molar-refractivity contribution is 8.27. The Hall–Kier alpha value is -2.03. The summed E-state index contributed by atoms with van der Waals surface area (Å²) >= 11 is 7.48. The van der Waals surface area contributed by atoms with Crippen LogP contribution in [0.3, 0.4) is 0 Å². The number of rotatable bonds is 3. The van der Waals surface area contributed by atoms with Gasteiger partial charge in [0.1, 0.15) is 0 Å². The number of benzene rings is 1. The van der Waals surface area contributed by atoms with Crippen LogP contribution in [0.1, 0.15) is 4.88 Å². The third-order valence-electron chi connectivity index (χ3n) is 2.87. The number of hydrogen-bond donors (Lipinski definition) is 0. The molecule has 0 N–H and O–H groups in total. The van der Waals surface area contributed by atoms with Gasteiger partial charge >= 0.3 is 5.00 Å². The summed E-state index contributed by atoms with van der Waals surface area (Å²) in [6, 6.07) is 12.2. The monoisotopic (exact) mass is 348 g/mol. The van der Waals surface area contributed by atoms with E-state index < -0.39 is 4.92 Å². The molecule has 2 heterocycles.